The van der Waals surface area contributed by atoms with Crippen molar-refractivity contribution in [3.8, 4) is 11.5 Å². The molecule has 1 aliphatic heterocycles. The molecule has 1 heterocycles. The standard InChI is InChI=1S/C30H38INO4/c1-8-10-32-20-14-29(3,4)16-22(33)26(20)25(27-21(32)15-30(5,6)17-23(27)34)18-12-19(31)28(36-11-9-2)24(13-18)35-7/h9,12-13,25H,2,8,10-11,14-17H2,1,3-7H3. The lowest BCUT2D eigenvalue weighted by Gasteiger charge is -2.49. The van der Waals surface area contributed by atoms with Gasteiger partial charge in [-0.05, 0) is 70.4 Å². The molecule has 36 heavy (non-hydrogen) atoms. The number of halogens is 1. The predicted octanol–water partition coefficient (Wildman–Crippen LogP) is 6.96. The first-order valence-electron chi connectivity index (χ1n) is 12.8. The minimum Gasteiger partial charge on any atom is -0.493 e. The zero-order valence-corrected chi connectivity index (χ0v) is 24.6. The van der Waals surface area contributed by atoms with E-state index in [-0.39, 0.29) is 28.3 Å². The Bertz CT molecular complexity index is 1120. The Morgan fingerprint density at radius 3 is 2.06 bits per heavy atom. The lowest BCUT2D eigenvalue weighted by atomic mass is 9.63. The van der Waals surface area contributed by atoms with Crippen LogP contribution in [0.4, 0.5) is 0 Å². The van der Waals surface area contributed by atoms with E-state index in [4.69, 9.17) is 9.47 Å². The average molecular weight is 604 g/mol. The van der Waals surface area contributed by atoms with Crippen LogP contribution in [0.5, 0.6) is 11.5 Å². The summed E-state index contributed by atoms with van der Waals surface area (Å²) in [6.45, 7) is 15.8. The monoisotopic (exact) mass is 603 g/mol. The molecule has 0 saturated heterocycles. The number of carbonyl (C=O) groups is 2. The summed E-state index contributed by atoms with van der Waals surface area (Å²) in [7, 11) is 1.62. The first-order valence-corrected chi connectivity index (χ1v) is 13.9. The summed E-state index contributed by atoms with van der Waals surface area (Å²) in [5.41, 5.74) is 4.49. The molecular weight excluding hydrogens is 565 g/mol. The van der Waals surface area contributed by atoms with Gasteiger partial charge in [-0.3, -0.25) is 9.59 Å². The van der Waals surface area contributed by atoms with Gasteiger partial charge in [-0.15, -0.1) is 0 Å². The van der Waals surface area contributed by atoms with E-state index in [1.807, 2.05) is 6.07 Å². The number of allylic oxidation sites excluding steroid dienone is 4. The van der Waals surface area contributed by atoms with Crippen LogP contribution in [0.2, 0.25) is 0 Å². The summed E-state index contributed by atoms with van der Waals surface area (Å²) in [6, 6.07) is 4.01. The third-order valence-electron chi connectivity index (χ3n) is 7.40. The highest BCUT2D eigenvalue weighted by molar-refractivity contribution is 14.1. The van der Waals surface area contributed by atoms with E-state index in [9.17, 15) is 9.59 Å². The maximum atomic E-state index is 13.8. The molecule has 0 N–H and O–H groups in total. The number of hydrogen-bond donors (Lipinski definition) is 0. The Kier molecular flexibility index (Phi) is 7.48. The van der Waals surface area contributed by atoms with Crippen molar-refractivity contribution < 1.29 is 19.1 Å². The number of carbonyl (C=O) groups excluding carboxylic acids is 2. The molecule has 0 bridgehead atoms. The van der Waals surface area contributed by atoms with Crippen molar-refractivity contribution in [2.45, 2.75) is 72.6 Å². The van der Waals surface area contributed by atoms with Crippen molar-refractivity contribution in [3.05, 3.63) is 56.5 Å². The molecule has 6 heteroatoms. The molecule has 194 valence electrons. The molecule has 5 nitrogen and oxygen atoms in total. The van der Waals surface area contributed by atoms with Gasteiger partial charge in [0.1, 0.15) is 6.61 Å². The lowest BCUT2D eigenvalue weighted by Crippen LogP contribution is -2.44. The zero-order chi connectivity index (χ0) is 26.4. The summed E-state index contributed by atoms with van der Waals surface area (Å²) in [5, 5.41) is 0. The highest BCUT2D eigenvalue weighted by Gasteiger charge is 2.49. The Hall–Kier alpha value is -2.09. The fourth-order valence-electron chi connectivity index (χ4n) is 6.06. The van der Waals surface area contributed by atoms with Crippen molar-refractivity contribution in [1.82, 2.24) is 4.90 Å². The van der Waals surface area contributed by atoms with E-state index in [0.717, 1.165) is 57.5 Å². The van der Waals surface area contributed by atoms with E-state index in [1.165, 1.54) is 0 Å². The molecule has 0 aromatic heterocycles. The number of nitrogens with zero attached hydrogens (tertiary/aromatic N) is 1. The van der Waals surface area contributed by atoms with Gasteiger partial charge in [0, 0.05) is 47.8 Å². The van der Waals surface area contributed by atoms with Crippen molar-refractivity contribution in [2.24, 2.45) is 10.8 Å². The molecule has 0 amide bonds. The number of ketones is 2. The Labute approximate surface area is 229 Å². The maximum Gasteiger partial charge on any atom is 0.174 e. The largest absolute Gasteiger partial charge is 0.493 e. The highest BCUT2D eigenvalue weighted by atomic mass is 127. The normalized spacial score (nSPS) is 21.4. The van der Waals surface area contributed by atoms with Gasteiger partial charge in [0.15, 0.2) is 23.1 Å². The van der Waals surface area contributed by atoms with Crippen molar-refractivity contribution in [1.29, 1.82) is 0 Å². The predicted molar refractivity (Wildman–Crippen MR) is 151 cm³/mol. The summed E-state index contributed by atoms with van der Waals surface area (Å²) in [5.74, 6) is 1.17. The molecule has 1 aromatic carbocycles. The van der Waals surface area contributed by atoms with Crippen LogP contribution in [-0.2, 0) is 9.59 Å². The summed E-state index contributed by atoms with van der Waals surface area (Å²) < 4.78 is 12.5. The number of benzene rings is 1. The second-order valence-electron chi connectivity index (χ2n) is 11.8. The smallest absolute Gasteiger partial charge is 0.174 e. The highest BCUT2D eigenvalue weighted by Crippen LogP contribution is 2.55. The fraction of sp³-hybridized carbons (Fsp3) is 0.533. The minimum absolute atomic E-state index is 0.118. The van der Waals surface area contributed by atoms with Crippen LogP contribution in [-0.4, -0.2) is 36.7 Å². The van der Waals surface area contributed by atoms with E-state index in [1.54, 1.807) is 13.2 Å². The molecule has 0 unspecified atom stereocenters. The van der Waals surface area contributed by atoms with Crippen LogP contribution in [0.25, 0.3) is 0 Å². The molecule has 0 radical (unpaired) electrons. The fourth-order valence-corrected chi connectivity index (χ4v) is 6.84. The SMILES string of the molecule is C=CCOc1c(I)cc(C2C3=C(CC(C)(C)CC3=O)N(CCC)C3=C2C(=O)CC(C)(C)C3)cc1OC. The van der Waals surface area contributed by atoms with E-state index < -0.39 is 0 Å². The van der Waals surface area contributed by atoms with Crippen LogP contribution in [0.15, 0.2) is 47.3 Å². The Morgan fingerprint density at radius 2 is 1.58 bits per heavy atom. The molecule has 0 spiro atoms. The third-order valence-corrected chi connectivity index (χ3v) is 8.20. The van der Waals surface area contributed by atoms with E-state index in [0.29, 0.717) is 30.9 Å². The van der Waals surface area contributed by atoms with Gasteiger partial charge in [-0.1, -0.05) is 47.3 Å². The zero-order valence-electron chi connectivity index (χ0n) is 22.4. The number of methoxy groups -OCH3 is 1. The van der Waals surface area contributed by atoms with Crippen molar-refractivity contribution >= 4 is 34.2 Å². The van der Waals surface area contributed by atoms with Gasteiger partial charge < -0.3 is 14.4 Å². The van der Waals surface area contributed by atoms with Crippen LogP contribution in [0.1, 0.15) is 78.2 Å². The number of ether oxygens (including phenoxy) is 2. The molecule has 4 rings (SSSR count). The van der Waals surface area contributed by atoms with Crippen LogP contribution in [0.3, 0.4) is 0 Å². The quantitative estimate of drug-likeness (QED) is 0.249. The van der Waals surface area contributed by atoms with Crippen molar-refractivity contribution in [2.75, 3.05) is 20.3 Å². The van der Waals surface area contributed by atoms with Crippen LogP contribution in [0, 0.1) is 14.4 Å². The summed E-state index contributed by atoms with van der Waals surface area (Å²) >= 11 is 2.25. The molecule has 0 saturated carbocycles. The topological polar surface area (TPSA) is 55.8 Å². The Morgan fingerprint density at radius 1 is 1.03 bits per heavy atom. The first kappa shape index (κ1) is 27.0. The maximum absolute atomic E-state index is 13.8. The number of hydrogen-bond acceptors (Lipinski definition) is 5. The molecule has 3 aliphatic rings. The molecule has 1 aromatic rings. The minimum atomic E-state index is -0.383. The lowest BCUT2D eigenvalue weighted by molar-refractivity contribution is -0.119. The second-order valence-corrected chi connectivity index (χ2v) is 13.0. The molecular formula is C30H38INO4. The number of Topliss-reactive ketones (excluding diaryl/α,β-unsaturated/α-hetero) is 2. The van der Waals surface area contributed by atoms with Crippen LogP contribution >= 0.6 is 22.6 Å². The van der Waals surface area contributed by atoms with E-state index >= 15 is 0 Å². The molecule has 2 aliphatic carbocycles. The van der Waals surface area contributed by atoms with Crippen LogP contribution < -0.4 is 9.47 Å². The third kappa shape index (κ3) is 4.90. The van der Waals surface area contributed by atoms with Crippen molar-refractivity contribution in [3.63, 3.8) is 0 Å². The Balaban J connectivity index is 1.99. The van der Waals surface area contributed by atoms with Gasteiger partial charge >= 0.3 is 0 Å². The summed E-state index contributed by atoms with van der Waals surface area (Å²) in [4.78, 5) is 30.0. The first-order chi connectivity index (χ1) is 16.9. The van der Waals surface area contributed by atoms with Gasteiger partial charge in [0.2, 0.25) is 0 Å². The van der Waals surface area contributed by atoms with Gasteiger partial charge in [0.05, 0.1) is 10.7 Å². The summed E-state index contributed by atoms with van der Waals surface area (Å²) in [6.07, 6.45) is 5.27. The number of rotatable bonds is 7. The van der Waals surface area contributed by atoms with Gasteiger partial charge in [0.25, 0.3) is 0 Å². The molecule has 0 fully saturated rings. The second kappa shape index (κ2) is 9.99. The average Bonchev–Trinajstić information content (AvgIpc) is 2.77. The van der Waals surface area contributed by atoms with Gasteiger partial charge in [-0.2, -0.15) is 0 Å². The van der Waals surface area contributed by atoms with E-state index in [2.05, 4.69) is 74.8 Å². The van der Waals surface area contributed by atoms with Gasteiger partial charge in [-0.25, -0.2) is 0 Å². The molecule has 0 atom stereocenters.